The molecule has 1 aromatic carbocycles. The van der Waals surface area contributed by atoms with Gasteiger partial charge in [-0.3, -0.25) is 4.68 Å². The number of anilines is 1. The number of benzene rings is 1. The van der Waals surface area contributed by atoms with E-state index in [-0.39, 0.29) is 0 Å². The van der Waals surface area contributed by atoms with Crippen LogP contribution in [0.25, 0.3) is 0 Å². The van der Waals surface area contributed by atoms with E-state index >= 15 is 0 Å². The molecule has 0 aliphatic heterocycles. The number of carbonyl (C=O) groups is 1. The van der Waals surface area contributed by atoms with Gasteiger partial charge < -0.3 is 15.2 Å². The molecule has 0 amide bonds. The molecule has 0 saturated carbocycles. The van der Waals surface area contributed by atoms with Crippen LogP contribution in [0.2, 0.25) is 0 Å². The lowest BCUT2D eigenvalue weighted by Crippen LogP contribution is -2.09. The standard InChI is InChI=1S/C15H19N3O3/c1-3-20-14-7-12(6-13(16)8-14)15(19)21-5-4-11-9-17-18(2)10-11/h6-10H,3-5,16H2,1-2H3. The molecular formula is C15H19N3O3. The van der Waals surface area contributed by atoms with Crippen molar-refractivity contribution in [1.29, 1.82) is 0 Å². The number of esters is 1. The zero-order chi connectivity index (χ0) is 15.2. The number of nitrogen functional groups attached to an aromatic ring is 1. The Balaban J connectivity index is 1.93. The van der Waals surface area contributed by atoms with Gasteiger partial charge in [-0.2, -0.15) is 5.10 Å². The van der Waals surface area contributed by atoms with Crippen molar-refractivity contribution in [2.75, 3.05) is 18.9 Å². The van der Waals surface area contributed by atoms with E-state index < -0.39 is 5.97 Å². The van der Waals surface area contributed by atoms with Gasteiger partial charge in [-0.1, -0.05) is 0 Å². The fourth-order valence-electron chi connectivity index (χ4n) is 1.94. The van der Waals surface area contributed by atoms with Crippen molar-refractivity contribution in [3.8, 4) is 5.75 Å². The van der Waals surface area contributed by atoms with E-state index in [4.69, 9.17) is 15.2 Å². The molecule has 1 heterocycles. The van der Waals surface area contributed by atoms with Crippen molar-refractivity contribution in [2.45, 2.75) is 13.3 Å². The van der Waals surface area contributed by atoms with Crippen LogP contribution in [-0.2, 0) is 18.2 Å². The minimum Gasteiger partial charge on any atom is -0.494 e. The molecule has 6 nitrogen and oxygen atoms in total. The van der Waals surface area contributed by atoms with E-state index in [2.05, 4.69) is 5.10 Å². The highest BCUT2D eigenvalue weighted by atomic mass is 16.5. The monoisotopic (exact) mass is 289 g/mol. The lowest BCUT2D eigenvalue weighted by atomic mass is 10.2. The first-order valence-electron chi connectivity index (χ1n) is 6.76. The maximum atomic E-state index is 12.0. The van der Waals surface area contributed by atoms with Crippen molar-refractivity contribution in [1.82, 2.24) is 9.78 Å². The minimum absolute atomic E-state index is 0.295. The maximum Gasteiger partial charge on any atom is 0.338 e. The van der Waals surface area contributed by atoms with Gasteiger partial charge in [0, 0.05) is 31.4 Å². The Morgan fingerprint density at radius 1 is 1.38 bits per heavy atom. The van der Waals surface area contributed by atoms with Crippen LogP contribution in [0.5, 0.6) is 5.75 Å². The fourth-order valence-corrected chi connectivity index (χ4v) is 1.94. The number of nitrogens with two attached hydrogens (primary N) is 1. The quantitative estimate of drug-likeness (QED) is 0.648. The summed E-state index contributed by atoms with van der Waals surface area (Å²) in [5, 5.41) is 4.06. The normalized spacial score (nSPS) is 10.4. The predicted molar refractivity (Wildman–Crippen MR) is 79.2 cm³/mol. The molecule has 112 valence electrons. The number of carbonyl (C=O) groups excluding carboxylic acids is 1. The van der Waals surface area contributed by atoms with Crippen LogP contribution in [0.4, 0.5) is 5.69 Å². The van der Waals surface area contributed by atoms with Crippen molar-refractivity contribution in [2.24, 2.45) is 7.05 Å². The molecule has 0 fully saturated rings. The van der Waals surface area contributed by atoms with Gasteiger partial charge in [0.1, 0.15) is 5.75 Å². The van der Waals surface area contributed by atoms with Gasteiger partial charge in [0.05, 0.1) is 25.0 Å². The second-order valence-corrected chi connectivity index (χ2v) is 4.63. The Kier molecular flexibility index (Phi) is 4.81. The lowest BCUT2D eigenvalue weighted by molar-refractivity contribution is 0.0509. The highest BCUT2D eigenvalue weighted by molar-refractivity contribution is 5.91. The maximum absolute atomic E-state index is 12.0. The van der Waals surface area contributed by atoms with E-state index in [1.165, 1.54) is 0 Å². The first-order valence-corrected chi connectivity index (χ1v) is 6.76. The summed E-state index contributed by atoms with van der Waals surface area (Å²) >= 11 is 0. The van der Waals surface area contributed by atoms with Crippen LogP contribution in [0.1, 0.15) is 22.8 Å². The van der Waals surface area contributed by atoms with E-state index in [9.17, 15) is 4.79 Å². The average molecular weight is 289 g/mol. The van der Waals surface area contributed by atoms with Crippen molar-refractivity contribution >= 4 is 11.7 Å². The van der Waals surface area contributed by atoms with Gasteiger partial charge in [0.25, 0.3) is 0 Å². The van der Waals surface area contributed by atoms with Crippen molar-refractivity contribution in [3.05, 3.63) is 41.7 Å². The van der Waals surface area contributed by atoms with Crippen LogP contribution in [0.15, 0.2) is 30.6 Å². The Bertz CT molecular complexity index is 622. The summed E-state index contributed by atoms with van der Waals surface area (Å²) in [4.78, 5) is 12.0. The predicted octanol–water partition coefficient (Wildman–Crippen LogP) is 1.80. The van der Waals surface area contributed by atoms with Gasteiger partial charge in [-0.25, -0.2) is 4.79 Å². The summed E-state index contributed by atoms with van der Waals surface area (Å²) in [5.74, 6) is 0.156. The molecular weight excluding hydrogens is 270 g/mol. The Morgan fingerprint density at radius 3 is 2.86 bits per heavy atom. The molecule has 2 aromatic rings. The summed E-state index contributed by atoms with van der Waals surface area (Å²) in [5.41, 5.74) is 7.64. The zero-order valence-corrected chi connectivity index (χ0v) is 12.2. The SMILES string of the molecule is CCOc1cc(N)cc(C(=O)OCCc2cnn(C)c2)c1. The highest BCUT2D eigenvalue weighted by Gasteiger charge is 2.10. The minimum atomic E-state index is -0.410. The third-order valence-corrected chi connectivity index (χ3v) is 2.86. The summed E-state index contributed by atoms with van der Waals surface area (Å²) in [6, 6.07) is 4.89. The molecule has 0 radical (unpaired) electrons. The third kappa shape index (κ3) is 4.24. The largest absolute Gasteiger partial charge is 0.494 e. The number of hydrogen-bond acceptors (Lipinski definition) is 5. The van der Waals surface area contributed by atoms with Gasteiger partial charge in [0.15, 0.2) is 0 Å². The molecule has 0 aliphatic carbocycles. The third-order valence-electron chi connectivity index (χ3n) is 2.86. The van der Waals surface area contributed by atoms with Gasteiger partial charge >= 0.3 is 5.97 Å². The smallest absolute Gasteiger partial charge is 0.338 e. The number of hydrogen-bond donors (Lipinski definition) is 1. The van der Waals surface area contributed by atoms with Crippen molar-refractivity contribution < 1.29 is 14.3 Å². The zero-order valence-electron chi connectivity index (χ0n) is 12.2. The highest BCUT2D eigenvalue weighted by Crippen LogP contribution is 2.19. The molecule has 0 atom stereocenters. The van der Waals surface area contributed by atoms with E-state index in [1.54, 1.807) is 29.1 Å². The second kappa shape index (κ2) is 6.78. The average Bonchev–Trinajstić information content (AvgIpc) is 2.84. The van der Waals surface area contributed by atoms with Gasteiger partial charge in [0.2, 0.25) is 0 Å². The topological polar surface area (TPSA) is 79.4 Å². The number of ether oxygens (including phenoxy) is 2. The molecule has 0 bridgehead atoms. The number of aryl methyl sites for hydroxylation is 1. The molecule has 0 spiro atoms. The summed E-state index contributed by atoms with van der Waals surface area (Å²) in [6.07, 6.45) is 4.27. The lowest BCUT2D eigenvalue weighted by Gasteiger charge is -2.08. The molecule has 2 N–H and O–H groups in total. The first kappa shape index (κ1) is 14.9. The molecule has 2 rings (SSSR count). The fraction of sp³-hybridized carbons (Fsp3) is 0.333. The molecule has 0 unspecified atom stereocenters. The van der Waals surface area contributed by atoms with E-state index in [0.29, 0.717) is 36.6 Å². The number of nitrogens with zero attached hydrogens (tertiary/aromatic N) is 2. The molecule has 0 saturated heterocycles. The Hall–Kier alpha value is -2.50. The van der Waals surface area contributed by atoms with Gasteiger partial charge in [-0.15, -0.1) is 0 Å². The molecule has 1 aromatic heterocycles. The van der Waals surface area contributed by atoms with E-state index in [1.807, 2.05) is 20.2 Å². The van der Waals surface area contributed by atoms with E-state index in [0.717, 1.165) is 5.56 Å². The van der Waals surface area contributed by atoms with Gasteiger partial charge in [-0.05, 0) is 24.6 Å². The van der Waals surface area contributed by atoms with Crippen LogP contribution < -0.4 is 10.5 Å². The number of aromatic nitrogens is 2. The summed E-state index contributed by atoms with van der Waals surface area (Å²) < 4.78 is 12.3. The summed E-state index contributed by atoms with van der Waals surface area (Å²) in [6.45, 7) is 2.68. The second-order valence-electron chi connectivity index (χ2n) is 4.63. The molecule has 21 heavy (non-hydrogen) atoms. The first-order chi connectivity index (χ1) is 10.1. The Morgan fingerprint density at radius 2 is 2.19 bits per heavy atom. The van der Waals surface area contributed by atoms with Crippen molar-refractivity contribution in [3.63, 3.8) is 0 Å². The summed E-state index contributed by atoms with van der Waals surface area (Å²) in [7, 11) is 1.84. The van der Waals surface area contributed by atoms with Crippen LogP contribution in [-0.4, -0.2) is 29.0 Å². The molecule has 6 heteroatoms. The Labute approximate surface area is 123 Å². The van der Waals surface area contributed by atoms with Crippen LogP contribution >= 0.6 is 0 Å². The van der Waals surface area contributed by atoms with Crippen LogP contribution in [0, 0.1) is 0 Å². The van der Waals surface area contributed by atoms with Crippen LogP contribution in [0.3, 0.4) is 0 Å². The molecule has 0 aliphatic rings. The number of rotatable bonds is 6.